The topological polar surface area (TPSA) is 72.6 Å². The van der Waals surface area contributed by atoms with Crippen LogP contribution in [0.25, 0.3) is 0 Å². The SMILES string of the molecule is CC(C)N(CC(N)=O)C(=O)c1ccccc1OCc1ccc(Cl)cc1. The van der Waals surface area contributed by atoms with Gasteiger partial charge in [-0.05, 0) is 43.7 Å². The largest absolute Gasteiger partial charge is 0.488 e. The van der Waals surface area contributed by atoms with E-state index < -0.39 is 5.91 Å². The Morgan fingerprint density at radius 3 is 2.36 bits per heavy atom. The van der Waals surface area contributed by atoms with Crippen LogP contribution in [0.2, 0.25) is 5.02 Å². The monoisotopic (exact) mass is 360 g/mol. The predicted molar refractivity (Wildman–Crippen MR) is 97.6 cm³/mol. The molecule has 2 N–H and O–H groups in total. The zero-order chi connectivity index (χ0) is 18.4. The summed E-state index contributed by atoms with van der Waals surface area (Å²) >= 11 is 5.87. The van der Waals surface area contributed by atoms with Crippen LogP contribution in [0.15, 0.2) is 48.5 Å². The maximum Gasteiger partial charge on any atom is 0.258 e. The molecule has 0 aromatic heterocycles. The van der Waals surface area contributed by atoms with Gasteiger partial charge in [0.15, 0.2) is 0 Å². The van der Waals surface area contributed by atoms with Gasteiger partial charge in [0.25, 0.3) is 5.91 Å². The minimum absolute atomic E-state index is 0.137. The standard InChI is InChI=1S/C19H21ClN2O3/c1-13(2)22(11-18(21)23)19(24)16-5-3-4-6-17(16)25-12-14-7-9-15(20)10-8-14/h3-10,13H,11-12H2,1-2H3,(H2,21,23). The van der Waals surface area contributed by atoms with E-state index in [4.69, 9.17) is 22.1 Å². The van der Waals surface area contributed by atoms with Crippen LogP contribution < -0.4 is 10.5 Å². The molecule has 0 bridgehead atoms. The average molecular weight is 361 g/mol. The molecule has 5 nitrogen and oxygen atoms in total. The Morgan fingerprint density at radius 1 is 1.12 bits per heavy atom. The van der Waals surface area contributed by atoms with Crippen LogP contribution in [0.3, 0.4) is 0 Å². The van der Waals surface area contributed by atoms with Gasteiger partial charge in [0.2, 0.25) is 5.91 Å². The highest BCUT2D eigenvalue weighted by Crippen LogP contribution is 2.22. The highest BCUT2D eigenvalue weighted by molar-refractivity contribution is 6.30. The number of nitrogens with zero attached hydrogens (tertiary/aromatic N) is 1. The summed E-state index contributed by atoms with van der Waals surface area (Å²) in [5.41, 5.74) is 6.59. The summed E-state index contributed by atoms with van der Waals surface area (Å²) in [6, 6.07) is 14.1. The molecule has 2 aromatic carbocycles. The summed E-state index contributed by atoms with van der Waals surface area (Å²) in [6.07, 6.45) is 0. The number of carbonyl (C=O) groups is 2. The van der Waals surface area contributed by atoms with Crippen molar-refractivity contribution in [1.82, 2.24) is 4.90 Å². The number of carbonyl (C=O) groups excluding carboxylic acids is 2. The maximum absolute atomic E-state index is 12.8. The van der Waals surface area contributed by atoms with Crippen molar-refractivity contribution in [3.63, 3.8) is 0 Å². The first-order chi connectivity index (χ1) is 11.9. The number of hydrogen-bond donors (Lipinski definition) is 1. The minimum atomic E-state index is -0.554. The van der Waals surface area contributed by atoms with E-state index in [1.165, 1.54) is 4.90 Å². The Hall–Kier alpha value is -2.53. The van der Waals surface area contributed by atoms with Gasteiger partial charge in [-0.2, -0.15) is 0 Å². The van der Waals surface area contributed by atoms with Crippen molar-refractivity contribution >= 4 is 23.4 Å². The smallest absolute Gasteiger partial charge is 0.258 e. The van der Waals surface area contributed by atoms with Gasteiger partial charge in [0, 0.05) is 11.1 Å². The first-order valence-electron chi connectivity index (χ1n) is 7.94. The molecular weight excluding hydrogens is 340 g/mol. The molecule has 0 aliphatic rings. The van der Waals surface area contributed by atoms with Gasteiger partial charge in [-0.1, -0.05) is 35.9 Å². The van der Waals surface area contributed by atoms with Gasteiger partial charge >= 0.3 is 0 Å². The number of halogens is 1. The summed E-state index contributed by atoms with van der Waals surface area (Å²) in [4.78, 5) is 25.5. The van der Waals surface area contributed by atoms with E-state index in [-0.39, 0.29) is 18.5 Å². The maximum atomic E-state index is 12.8. The van der Waals surface area contributed by atoms with E-state index in [1.807, 2.05) is 26.0 Å². The van der Waals surface area contributed by atoms with Crippen LogP contribution in [-0.2, 0) is 11.4 Å². The molecule has 2 amide bonds. The van der Waals surface area contributed by atoms with Crippen LogP contribution in [-0.4, -0.2) is 29.3 Å². The third-order valence-electron chi connectivity index (χ3n) is 3.64. The molecule has 0 saturated heterocycles. The number of rotatable bonds is 7. The number of hydrogen-bond acceptors (Lipinski definition) is 3. The summed E-state index contributed by atoms with van der Waals surface area (Å²) < 4.78 is 5.81. The molecule has 0 heterocycles. The van der Waals surface area contributed by atoms with Crippen LogP contribution >= 0.6 is 11.6 Å². The summed E-state index contributed by atoms with van der Waals surface area (Å²) in [6.45, 7) is 3.83. The second-order valence-electron chi connectivity index (χ2n) is 5.90. The summed E-state index contributed by atoms with van der Waals surface area (Å²) in [5, 5.41) is 0.651. The third kappa shape index (κ3) is 5.22. The van der Waals surface area contributed by atoms with Gasteiger partial charge in [0.05, 0.1) is 12.1 Å². The number of amides is 2. The number of primary amides is 1. The predicted octanol–water partition coefficient (Wildman–Crippen LogP) is 3.25. The highest BCUT2D eigenvalue weighted by Gasteiger charge is 2.23. The zero-order valence-corrected chi connectivity index (χ0v) is 15.0. The van der Waals surface area contributed by atoms with Gasteiger partial charge in [-0.25, -0.2) is 0 Å². The Balaban J connectivity index is 2.19. The Bertz CT molecular complexity index is 745. The normalized spacial score (nSPS) is 10.6. The molecule has 0 saturated carbocycles. The second kappa shape index (κ2) is 8.53. The van der Waals surface area contributed by atoms with Crippen molar-refractivity contribution < 1.29 is 14.3 Å². The molecule has 2 rings (SSSR count). The van der Waals surface area contributed by atoms with Crippen molar-refractivity contribution in [3.05, 3.63) is 64.7 Å². The number of para-hydroxylation sites is 1. The number of ether oxygens (including phenoxy) is 1. The lowest BCUT2D eigenvalue weighted by atomic mass is 10.1. The molecule has 0 aliphatic heterocycles. The molecule has 0 unspecified atom stereocenters. The average Bonchev–Trinajstić information content (AvgIpc) is 2.58. The van der Waals surface area contributed by atoms with Gasteiger partial charge in [0.1, 0.15) is 12.4 Å². The lowest BCUT2D eigenvalue weighted by molar-refractivity contribution is -0.119. The molecule has 0 fully saturated rings. The van der Waals surface area contributed by atoms with Crippen molar-refractivity contribution in [1.29, 1.82) is 0 Å². The van der Waals surface area contributed by atoms with Gasteiger partial charge in [-0.3, -0.25) is 9.59 Å². The zero-order valence-electron chi connectivity index (χ0n) is 14.2. The summed E-state index contributed by atoms with van der Waals surface area (Å²) in [5.74, 6) is -0.389. The molecule has 132 valence electrons. The number of nitrogens with two attached hydrogens (primary N) is 1. The van der Waals surface area contributed by atoms with Crippen LogP contribution in [0.5, 0.6) is 5.75 Å². The molecule has 0 aliphatic carbocycles. The quantitative estimate of drug-likeness (QED) is 0.823. The highest BCUT2D eigenvalue weighted by atomic mass is 35.5. The van der Waals surface area contributed by atoms with Crippen molar-refractivity contribution in [2.75, 3.05) is 6.54 Å². The molecule has 25 heavy (non-hydrogen) atoms. The lowest BCUT2D eigenvalue weighted by Crippen LogP contribution is -2.42. The summed E-state index contributed by atoms with van der Waals surface area (Å²) in [7, 11) is 0. The van der Waals surface area contributed by atoms with E-state index >= 15 is 0 Å². The van der Waals surface area contributed by atoms with Crippen molar-refractivity contribution in [2.24, 2.45) is 5.73 Å². The molecular formula is C19H21ClN2O3. The van der Waals surface area contributed by atoms with E-state index in [2.05, 4.69) is 0 Å². The van der Waals surface area contributed by atoms with E-state index in [9.17, 15) is 9.59 Å². The van der Waals surface area contributed by atoms with E-state index in [0.29, 0.717) is 22.9 Å². The Labute approximate surface area is 152 Å². The van der Waals surface area contributed by atoms with Gasteiger partial charge in [-0.15, -0.1) is 0 Å². The minimum Gasteiger partial charge on any atom is -0.488 e. The molecule has 2 aromatic rings. The molecule has 0 radical (unpaired) electrons. The first-order valence-corrected chi connectivity index (χ1v) is 8.32. The second-order valence-corrected chi connectivity index (χ2v) is 6.34. The third-order valence-corrected chi connectivity index (χ3v) is 3.89. The molecule has 6 heteroatoms. The lowest BCUT2D eigenvalue weighted by Gasteiger charge is -2.26. The number of benzene rings is 2. The van der Waals surface area contributed by atoms with Crippen LogP contribution in [0.4, 0.5) is 0 Å². The van der Waals surface area contributed by atoms with Crippen LogP contribution in [0, 0.1) is 0 Å². The van der Waals surface area contributed by atoms with Crippen molar-refractivity contribution in [2.45, 2.75) is 26.5 Å². The van der Waals surface area contributed by atoms with E-state index in [1.54, 1.807) is 36.4 Å². The fraction of sp³-hybridized carbons (Fsp3) is 0.263. The Morgan fingerprint density at radius 2 is 1.76 bits per heavy atom. The fourth-order valence-electron chi connectivity index (χ4n) is 2.32. The van der Waals surface area contributed by atoms with E-state index in [0.717, 1.165) is 5.56 Å². The van der Waals surface area contributed by atoms with Gasteiger partial charge < -0.3 is 15.4 Å². The fourth-order valence-corrected chi connectivity index (χ4v) is 2.45. The first kappa shape index (κ1) is 18.8. The Kier molecular flexibility index (Phi) is 6.42. The van der Waals surface area contributed by atoms with Crippen LogP contribution in [0.1, 0.15) is 29.8 Å². The molecule has 0 spiro atoms. The molecule has 0 atom stereocenters. The van der Waals surface area contributed by atoms with Crippen molar-refractivity contribution in [3.8, 4) is 5.75 Å².